The number of Topliss-reactive ketones (excluding diaryl/α,β-unsaturated/α-hetero) is 1. The lowest BCUT2D eigenvalue weighted by Crippen LogP contribution is -2.41. The molecule has 1 aromatic heterocycles. The molecule has 0 atom stereocenters. The summed E-state index contributed by atoms with van der Waals surface area (Å²) in [4.78, 5) is 27.5. The molecule has 0 spiro atoms. The number of aliphatic hydroxyl groups is 1. The Morgan fingerprint density at radius 1 is 1.14 bits per heavy atom. The number of piperidine rings is 1. The lowest BCUT2D eigenvalue weighted by atomic mass is 9.91. The molecule has 1 fully saturated rings. The van der Waals surface area contributed by atoms with Gasteiger partial charge in [0.1, 0.15) is 0 Å². The summed E-state index contributed by atoms with van der Waals surface area (Å²) < 4.78 is 2.24. The van der Waals surface area contributed by atoms with Gasteiger partial charge in [-0.15, -0.1) is 0 Å². The van der Waals surface area contributed by atoms with Gasteiger partial charge in [-0.1, -0.05) is 30.3 Å². The van der Waals surface area contributed by atoms with Crippen LogP contribution in [0.5, 0.6) is 0 Å². The smallest absolute Gasteiger partial charge is 0.227 e. The van der Waals surface area contributed by atoms with Crippen LogP contribution in [0.3, 0.4) is 0 Å². The van der Waals surface area contributed by atoms with Crippen LogP contribution in [0.2, 0.25) is 0 Å². The van der Waals surface area contributed by atoms with Gasteiger partial charge in [0.2, 0.25) is 5.91 Å². The van der Waals surface area contributed by atoms with Crippen molar-refractivity contribution in [1.29, 1.82) is 0 Å². The maximum atomic E-state index is 12.9. The number of carbonyl (C=O) groups excluding carboxylic acids is 2. The van der Waals surface area contributed by atoms with Gasteiger partial charge in [-0.2, -0.15) is 0 Å². The summed E-state index contributed by atoms with van der Waals surface area (Å²) in [5.74, 6) is 0.237. The summed E-state index contributed by atoms with van der Waals surface area (Å²) in [6.45, 7) is 3.96. The van der Waals surface area contributed by atoms with Gasteiger partial charge in [-0.3, -0.25) is 9.59 Å². The van der Waals surface area contributed by atoms with Crippen molar-refractivity contribution in [2.45, 2.75) is 58.1 Å². The minimum atomic E-state index is -0.299. The average Bonchev–Trinajstić information content (AvgIpc) is 2.96. The molecule has 1 aliphatic heterocycles. The molecule has 0 unspecified atom stereocenters. The summed E-state index contributed by atoms with van der Waals surface area (Å²) in [6.07, 6.45) is 3.58. The number of likely N-dealkylation sites (tertiary alicyclic amines) is 1. The Hall–Kier alpha value is -2.40. The van der Waals surface area contributed by atoms with Gasteiger partial charge in [0.25, 0.3) is 0 Å². The van der Waals surface area contributed by atoms with Crippen LogP contribution < -0.4 is 0 Å². The van der Waals surface area contributed by atoms with E-state index >= 15 is 0 Å². The van der Waals surface area contributed by atoms with Crippen LogP contribution in [0.15, 0.2) is 30.3 Å². The van der Waals surface area contributed by atoms with Gasteiger partial charge in [-0.05, 0) is 43.7 Å². The molecule has 1 N–H and O–H groups in total. The molecule has 1 saturated heterocycles. The zero-order valence-corrected chi connectivity index (χ0v) is 16.5. The predicted molar refractivity (Wildman–Crippen MR) is 108 cm³/mol. The molecular formula is C23H28N2O3. The summed E-state index contributed by atoms with van der Waals surface area (Å²) >= 11 is 0. The first-order valence-corrected chi connectivity index (χ1v) is 10.3. The first kappa shape index (κ1) is 18.9. The number of aromatic nitrogens is 1. The zero-order chi connectivity index (χ0) is 19.7. The van der Waals surface area contributed by atoms with Gasteiger partial charge < -0.3 is 14.6 Å². The Labute approximate surface area is 166 Å². The van der Waals surface area contributed by atoms with Crippen LogP contribution in [-0.2, 0) is 24.2 Å². The maximum Gasteiger partial charge on any atom is 0.227 e. The largest absolute Gasteiger partial charge is 0.393 e. The van der Waals surface area contributed by atoms with Gasteiger partial charge in [0.15, 0.2) is 5.78 Å². The average molecular weight is 380 g/mol. The van der Waals surface area contributed by atoms with Crippen LogP contribution in [0, 0.1) is 6.92 Å². The molecule has 2 aliphatic rings. The second-order valence-electron chi connectivity index (χ2n) is 8.02. The van der Waals surface area contributed by atoms with Crippen LogP contribution in [0.1, 0.15) is 58.6 Å². The third kappa shape index (κ3) is 3.63. The molecule has 148 valence electrons. The number of amides is 1. The highest BCUT2D eigenvalue weighted by Crippen LogP contribution is 2.31. The lowest BCUT2D eigenvalue weighted by molar-refractivity contribution is -0.132. The normalized spacial score (nSPS) is 17.6. The van der Waals surface area contributed by atoms with Crippen molar-refractivity contribution < 1.29 is 14.7 Å². The molecule has 5 heteroatoms. The fourth-order valence-electron chi connectivity index (χ4n) is 4.56. The van der Waals surface area contributed by atoms with E-state index in [1.54, 1.807) is 0 Å². The van der Waals surface area contributed by atoms with E-state index in [1.165, 1.54) is 5.56 Å². The van der Waals surface area contributed by atoms with E-state index in [2.05, 4.69) is 16.7 Å². The van der Waals surface area contributed by atoms with Crippen LogP contribution in [0.4, 0.5) is 0 Å². The number of carbonyl (C=O) groups is 2. The summed E-state index contributed by atoms with van der Waals surface area (Å²) in [6, 6.07) is 10.3. The number of rotatable bonds is 4. The van der Waals surface area contributed by atoms with Crippen molar-refractivity contribution in [3.8, 4) is 0 Å². The molecule has 4 rings (SSSR count). The Bertz CT molecular complexity index is 877. The van der Waals surface area contributed by atoms with Crippen molar-refractivity contribution in [2.75, 3.05) is 13.1 Å². The van der Waals surface area contributed by atoms with E-state index in [1.807, 2.05) is 30.0 Å². The van der Waals surface area contributed by atoms with E-state index in [0.29, 0.717) is 32.4 Å². The monoisotopic (exact) mass is 380 g/mol. The molecule has 1 aromatic carbocycles. The summed E-state index contributed by atoms with van der Waals surface area (Å²) in [5, 5.41) is 9.69. The predicted octanol–water partition coefficient (Wildman–Crippen LogP) is 2.89. The lowest BCUT2D eigenvalue weighted by Gasteiger charge is -2.29. The number of hydrogen-bond acceptors (Lipinski definition) is 3. The van der Waals surface area contributed by atoms with Crippen LogP contribution in [-0.4, -0.2) is 45.5 Å². The SMILES string of the molecule is Cc1c(CC(=O)N2CCC(O)CC2)c2c(n1Cc1ccccc1)CCCC2=O. The molecule has 5 nitrogen and oxygen atoms in total. The maximum absolute atomic E-state index is 12.9. The van der Waals surface area contributed by atoms with E-state index in [9.17, 15) is 14.7 Å². The van der Waals surface area contributed by atoms with Crippen LogP contribution >= 0.6 is 0 Å². The highest BCUT2D eigenvalue weighted by atomic mass is 16.3. The molecule has 0 saturated carbocycles. The van der Waals surface area contributed by atoms with Gasteiger partial charge >= 0.3 is 0 Å². The van der Waals surface area contributed by atoms with E-state index < -0.39 is 0 Å². The molecule has 1 aliphatic carbocycles. The second kappa shape index (κ2) is 7.92. The number of fused-ring (bicyclic) bond motifs is 1. The van der Waals surface area contributed by atoms with Crippen molar-refractivity contribution in [3.05, 3.63) is 58.4 Å². The molecule has 0 radical (unpaired) electrons. The van der Waals surface area contributed by atoms with Crippen molar-refractivity contribution in [3.63, 3.8) is 0 Å². The Morgan fingerprint density at radius 2 is 1.86 bits per heavy atom. The summed E-state index contributed by atoms with van der Waals surface area (Å²) in [7, 11) is 0. The van der Waals surface area contributed by atoms with Gasteiger partial charge in [-0.25, -0.2) is 0 Å². The number of hydrogen-bond donors (Lipinski definition) is 1. The first-order chi connectivity index (χ1) is 13.5. The van der Waals surface area contributed by atoms with Crippen molar-refractivity contribution in [2.24, 2.45) is 0 Å². The fourth-order valence-corrected chi connectivity index (χ4v) is 4.56. The minimum Gasteiger partial charge on any atom is -0.393 e. The number of benzene rings is 1. The quantitative estimate of drug-likeness (QED) is 0.887. The first-order valence-electron chi connectivity index (χ1n) is 10.3. The standard InChI is InChI=1S/C23H28N2O3/c1-16-19(14-22(28)24-12-10-18(26)11-13-24)23-20(8-5-9-21(23)27)25(16)15-17-6-3-2-4-7-17/h2-4,6-7,18,26H,5,8-15H2,1H3. The number of aliphatic hydroxyl groups excluding tert-OH is 1. The second-order valence-corrected chi connectivity index (χ2v) is 8.02. The van der Waals surface area contributed by atoms with Crippen molar-refractivity contribution >= 4 is 11.7 Å². The minimum absolute atomic E-state index is 0.0630. The van der Waals surface area contributed by atoms with E-state index in [-0.39, 0.29) is 24.2 Å². The Balaban J connectivity index is 1.65. The zero-order valence-electron chi connectivity index (χ0n) is 16.5. The third-order valence-corrected chi connectivity index (χ3v) is 6.18. The van der Waals surface area contributed by atoms with Crippen LogP contribution in [0.25, 0.3) is 0 Å². The highest BCUT2D eigenvalue weighted by Gasteiger charge is 2.30. The Morgan fingerprint density at radius 3 is 2.57 bits per heavy atom. The van der Waals surface area contributed by atoms with Crippen molar-refractivity contribution in [1.82, 2.24) is 9.47 Å². The van der Waals surface area contributed by atoms with E-state index in [4.69, 9.17) is 0 Å². The number of nitrogens with zero attached hydrogens (tertiary/aromatic N) is 2. The molecule has 28 heavy (non-hydrogen) atoms. The molecule has 0 bridgehead atoms. The highest BCUT2D eigenvalue weighted by molar-refractivity contribution is 6.01. The molecule has 1 amide bonds. The topological polar surface area (TPSA) is 62.5 Å². The van der Waals surface area contributed by atoms with Gasteiger partial charge in [0.05, 0.1) is 12.5 Å². The molecule has 2 heterocycles. The molecule has 2 aromatic rings. The fraction of sp³-hybridized carbons (Fsp3) is 0.478. The van der Waals surface area contributed by atoms with Gasteiger partial charge in [0, 0.05) is 43.0 Å². The molecular weight excluding hydrogens is 352 g/mol. The van der Waals surface area contributed by atoms with E-state index in [0.717, 1.165) is 41.9 Å². The summed E-state index contributed by atoms with van der Waals surface area (Å²) in [5.41, 5.74) is 5.03. The number of ketones is 1. The Kier molecular flexibility index (Phi) is 5.36. The third-order valence-electron chi connectivity index (χ3n) is 6.18.